The molecule has 4 heteroatoms. The molecule has 3 aromatic rings. The maximum atomic E-state index is 5.89. The van der Waals surface area contributed by atoms with Gasteiger partial charge in [0.2, 0.25) is 0 Å². The zero-order chi connectivity index (χ0) is 14.5. The molecule has 3 nitrogen and oxygen atoms in total. The third-order valence-corrected chi connectivity index (χ3v) is 3.55. The summed E-state index contributed by atoms with van der Waals surface area (Å²) in [6.45, 7) is 1.60. The lowest BCUT2D eigenvalue weighted by molar-refractivity contribution is 0.686. The van der Waals surface area contributed by atoms with Crippen molar-refractivity contribution in [2.75, 3.05) is 0 Å². The van der Waals surface area contributed by atoms with Crippen molar-refractivity contribution in [2.24, 2.45) is 0 Å². The smallest absolute Gasteiger partial charge is 0.0690 e. The minimum Gasteiger partial charge on any atom is -0.309 e. The second-order valence-corrected chi connectivity index (χ2v) is 5.25. The molecule has 0 aliphatic heterocycles. The molecule has 1 N–H and O–H groups in total. The molecule has 0 aliphatic carbocycles. The van der Waals surface area contributed by atoms with E-state index in [0.717, 1.165) is 23.8 Å². The van der Waals surface area contributed by atoms with Crippen LogP contribution in [0.3, 0.4) is 0 Å². The monoisotopic (exact) mass is 297 g/mol. The van der Waals surface area contributed by atoms with Gasteiger partial charge in [0, 0.05) is 30.5 Å². The Hall–Kier alpha value is -2.10. The van der Waals surface area contributed by atoms with E-state index in [0.29, 0.717) is 0 Å². The van der Waals surface area contributed by atoms with Crippen LogP contribution in [0.25, 0.3) is 5.69 Å². The van der Waals surface area contributed by atoms with E-state index in [4.69, 9.17) is 11.6 Å². The third-order valence-electron chi connectivity index (χ3n) is 3.30. The Labute approximate surface area is 129 Å². The molecule has 106 valence electrons. The number of aromatic nitrogens is 2. The van der Waals surface area contributed by atoms with Gasteiger partial charge >= 0.3 is 0 Å². The fourth-order valence-corrected chi connectivity index (χ4v) is 2.36. The number of hydrogen-bond donors (Lipinski definition) is 1. The highest BCUT2D eigenvalue weighted by atomic mass is 35.5. The van der Waals surface area contributed by atoms with Crippen LogP contribution in [-0.4, -0.2) is 9.78 Å². The standard InChI is InChI=1S/C17H16ClN3/c18-16-8-6-14(7-9-16)12-19-13-15-4-1-2-5-17(15)21-11-3-10-20-21/h1-11,19H,12-13H2. The van der Waals surface area contributed by atoms with Crippen molar-refractivity contribution in [1.82, 2.24) is 15.1 Å². The van der Waals surface area contributed by atoms with Gasteiger partial charge in [0.05, 0.1) is 5.69 Å². The average Bonchev–Trinajstić information content (AvgIpc) is 3.04. The van der Waals surface area contributed by atoms with E-state index < -0.39 is 0 Å². The summed E-state index contributed by atoms with van der Waals surface area (Å²) in [5.74, 6) is 0. The maximum absolute atomic E-state index is 5.89. The molecule has 0 amide bonds. The second kappa shape index (κ2) is 6.57. The molecule has 3 rings (SSSR count). The first-order valence-electron chi connectivity index (χ1n) is 6.86. The number of para-hydroxylation sites is 1. The predicted octanol–water partition coefficient (Wildman–Crippen LogP) is 3.82. The minimum absolute atomic E-state index is 0.766. The van der Waals surface area contributed by atoms with Gasteiger partial charge in [-0.05, 0) is 35.4 Å². The Bertz CT molecular complexity index is 690. The summed E-state index contributed by atoms with van der Waals surface area (Å²) >= 11 is 5.89. The molecule has 0 aliphatic rings. The molecule has 0 radical (unpaired) electrons. The van der Waals surface area contributed by atoms with Crippen LogP contribution in [0.4, 0.5) is 0 Å². The Morgan fingerprint density at radius 2 is 1.76 bits per heavy atom. The van der Waals surface area contributed by atoms with Gasteiger partial charge in [-0.3, -0.25) is 0 Å². The van der Waals surface area contributed by atoms with E-state index in [-0.39, 0.29) is 0 Å². The Kier molecular flexibility index (Phi) is 4.34. The van der Waals surface area contributed by atoms with Crippen molar-refractivity contribution in [1.29, 1.82) is 0 Å². The first-order valence-corrected chi connectivity index (χ1v) is 7.24. The summed E-state index contributed by atoms with van der Waals surface area (Å²) in [4.78, 5) is 0. The van der Waals surface area contributed by atoms with Crippen molar-refractivity contribution >= 4 is 11.6 Å². The Morgan fingerprint density at radius 1 is 0.952 bits per heavy atom. The van der Waals surface area contributed by atoms with Crippen LogP contribution in [0, 0.1) is 0 Å². The molecule has 0 saturated heterocycles. The highest BCUT2D eigenvalue weighted by Crippen LogP contribution is 2.14. The maximum Gasteiger partial charge on any atom is 0.0690 e. The molecule has 0 atom stereocenters. The van der Waals surface area contributed by atoms with Crippen molar-refractivity contribution < 1.29 is 0 Å². The fraction of sp³-hybridized carbons (Fsp3) is 0.118. The van der Waals surface area contributed by atoms with Crippen molar-refractivity contribution in [3.63, 3.8) is 0 Å². The lowest BCUT2D eigenvalue weighted by Crippen LogP contribution is -2.14. The molecular formula is C17H16ClN3. The average molecular weight is 298 g/mol. The van der Waals surface area contributed by atoms with Gasteiger partial charge in [0.1, 0.15) is 0 Å². The quantitative estimate of drug-likeness (QED) is 0.776. The summed E-state index contributed by atoms with van der Waals surface area (Å²) < 4.78 is 1.89. The SMILES string of the molecule is Clc1ccc(CNCc2ccccc2-n2cccn2)cc1. The molecular weight excluding hydrogens is 282 g/mol. The van der Waals surface area contributed by atoms with Crippen LogP contribution in [0.1, 0.15) is 11.1 Å². The first kappa shape index (κ1) is 13.9. The molecule has 21 heavy (non-hydrogen) atoms. The third kappa shape index (κ3) is 3.51. The number of benzene rings is 2. The van der Waals surface area contributed by atoms with E-state index in [1.54, 1.807) is 6.20 Å². The van der Waals surface area contributed by atoms with Gasteiger partial charge in [0.15, 0.2) is 0 Å². The first-order chi connectivity index (χ1) is 10.3. The number of nitrogens with one attached hydrogen (secondary N) is 1. The highest BCUT2D eigenvalue weighted by molar-refractivity contribution is 6.30. The second-order valence-electron chi connectivity index (χ2n) is 4.81. The summed E-state index contributed by atoms with van der Waals surface area (Å²) in [5.41, 5.74) is 3.54. The Balaban J connectivity index is 1.67. The summed E-state index contributed by atoms with van der Waals surface area (Å²) in [7, 11) is 0. The van der Waals surface area contributed by atoms with Crippen LogP contribution in [0.15, 0.2) is 67.0 Å². The lowest BCUT2D eigenvalue weighted by Gasteiger charge is -2.10. The number of nitrogens with zero attached hydrogens (tertiary/aromatic N) is 2. The van der Waals surface area contributed by atoms with Crippen molar-refractivity contribution in [2.45, 2.75) is 13.1 Å². The van der Waals surface area contributed by atoms with Crippen LogP contribution >= 0.6 is 11.6 Å². The topological polar surface area (TPSA) is 29.9 Å². The number of rotatable bonds is 5. The number of hydrogen-bond acceptors (Lipinski definition) is 2. The van der Waals surface area contributed by atoms with Gasteiger partial charge in [-0.25, -0.2) is 4.68 Å². The minimum atomic E-state index is 0.766. The van der Waals surface area contributed by atoms with E-state index in [1.807, 2.05) is 53.3 Å². The van der Waals surface area contributed by atoms with Gasteiger partial charge in [-0.15, -0.1) is 0 Å². The largest absolute Gasteiger partial charge is 0.309 e. The van der Waals surface area contributed by atoms with Crippen molar-refractivity contribution in [3.8, 4) is 5.69 Å². The van der Waals surface area contributed by atoms with Gasteiger partial charge in [-0.2, -0.15) is 5.10 Å². The number of halogens is 1. The zero-order valence-electron chi connectivity index (χ0n) is 11.5. The predicted molar refractivity (Wildman–Crippen MR) is 85.6 cm³/mol. The van der Waals surface area contributed by atoms with Crippen LogP contribution in [-0.2, 0) is 13.1 Å². The molecule has 0 fully saturated rings. The fourth-order valence-electron chi connectivity index (χ4n) is 2.24. The molecule has 0 saturated carbocycles. The molecule has 1 aromatic heterocycles. The zero-order valence-corrected chi connectivity index (χ0v) is 12.3. The summed E-state index contributed by atoms with van der Waals surface area (Å²) in [6, 6.07) is 18.1. The molecule has 0 bridgehead atoms. The highest BCUT2D eigenvalue weighted by Gasteiger charge is 2.03. The van der Waals surface area contributed by atoms with E-state index >= 15 is 0 Å². The van der Waals surface area contributed by atoms with Gasteiger partial charge in [0.25, 0.3) is 0 Å². The Morgan fingerprint density at radius 3 is 2.52 bits per heavy atom. The summed E-state index contributed by atoms with van der Waals surface area (Å²) in [5, 5.41) is 8.52. The van der Waals surface area contributed by atoms with Gasteiger partial charge < -0.3 is 5.32 Å². The molecule has 0 unspecified atom stereocenters. The van der Waals surface area contributed by atoms with Crippen LogP contribution in [0.5, 0.6) is 0 Å². The van der Waals surface area contributed by atoms with E-state index in [2.05, 4.69) is 22.5 Å². The summed E-state index contributed by atoms with van der Waals surface area (Å²) in [6.07, 6.45) is 3.75. The molecule has 1 heterocycles. The molecule has 0 spiro atoms. The van der Waals surface area contributed by atoms with E-state index in [9.17, 15) is 0 Å². The normalized spacial score (nSPS) is 10.7. The molecule has 2 aromatic carbocycles. The van der Waals surface area contributed by atoms with Crippen LogP contribution < -0.4 is 5.32 Å². The van der Waals surface area contributed by atoms with Crippen molar-refractivity contribution in [3.05, 3.63) is 83.1 Å². The lowest BCUT2D eigenvalue weighted by atomic mass is 10.1. The van der Waals surface area contributed by atoms with E-state index in [1.165, 1.54) is 11.1 Å². The van der Waals surface area contributed by atoms with Crippen LogP contribution in [0.2, 0.25) is 5.02 Å². The van der Waals surface area contributed by atoms with Gasteiger partial charge in [-0.1, -0.05) is 41.9 Å².